The van der Waals surface area contributed by atoms with Crippen LogP contribution in [0.2, 0.25) is 0 Å². The fourth-order valence-corrected chi connectivity index (χ4v) is 4.70. The Morgan fingerprint density at radius 3 is 2.40 bits per heavy atom. The Kier molecular flexibility index (Phi) is 5.64. The molecular weight excluding hydrogens is 338 g/mol. The highest BCUT2D eigenvalue weighted by Gasteiger charge is 2.27. The molecule has 0 aromatic heterocycles. The summed E-state index contributed by atoms with van der Waals surface area (Å²) in [5.41, 5.74) is 2.41. The number of anilines is 1. The summed E-state index contributed by atoms with van der Waals surface area (Å²) in [6.45, 7) is 4.90. The minimum atomic E-state index is -2.89. The number of nitrogens with one attached hydrogen (secondary N) is 1. The first kappa shape index (κ1) is 18.2. The van der Waals surface area contributed by atoms with Gasteiger partial charge in [-0.1, -0.05) is 18.2 Å². The summed E-state index contributed by atoms with van der Waals surface area (Å²) < 4.78 is 22.9. The number of hydrogen-bond acceptors (Lipinski definition) is 5. The molecule has 2 aliphatic rings. The first-order valence-corrected chi connectivity index (χ1v) is 10.8. The van der Waals surface area contributed by atoms with E-state index in [4.69, 9.17) is 0 Å². The summed E-state index contributed by atoms with van der Waals surface area (Å²) in [5.74, 6) is 0.458. The van der Waals surface area contributed by atoms with E-state index in [-0.39, 0.29) is 17.4 Å². The van der Waals surface area contributed by atoms with E-state index < -0.39 is 9.84 Å². The lowest BCUT2D eigenvalue weighted by atomic mass is 10.0. The van der Waals surface area contributed by atoms with Crippen LogP contribution < -0.4 is 5.32 Å². The SMILES string of the molecule is Cc1ccccc1NC1CCN(C(=O)CN2CCS(=O)(=O)CC2)CC1. The van der Waals surface area contributed by atoms with Crippen LogP contribution in [0, 0.1) is 6.92 Å². The molecule has 25 heavy (non-hydrogen) atoms. The molecule has 2 fully saturated rings. The van der Waals surface area contributed by atoms with Crippen LogP contribution in [-0.2, 0) is 14.6 Å². The van der Waals surface area contributed by atoms with Gasteiger partial charge in [0.2, 0.25) is 5.91 Å². The summed E-state index contributed by atoms with van der Waals surface area (Å²) in [6, 6.07) is 8.66. The summed E-state index contributed by atoms with van der Waals surface area (Å²) in [6.07, 6.45) is 1.88. The maximum absolute atomic E-state index is 12.5. The molecule has 0 bridgehead atoms. The molecule has 3 rings (SSSR count). The molecule has 0 atom stereocenters. The van der Waals surface area contributed by atoms with Crippen molar-refractivity contribution in [3.8, 4) is 0 Å². The highest BCUT2D eigenvalue weighted by molar-refractivity contribution is 7.91. The number of hydrogen-bond donors (Lipinski definition) is 1. The number of carbonyl (C=O) groups excluding carboxylic acids is 1. The lowest BCUT2D eigenvalue weighted by Gasteiger charge is -2.35. The van der Waals surface area contributed by atoms with E-state index in [1.165, 1.54) is 11.3 Å². The zero-order valence-corrected chi connectivity index (χ0v) is 15.6. The molecule has 1 aromatic carbocycles. The molecule has 0 unspecified atom stereocenters. The van der Waals surface area contributed by atoms with Gasteiger partial charge in [-0.15, -0.1) is 0 Å². The standard InChI is InChI=1S/C18H27N3O3S/c1-15-4-2-3-5-17(15)19-16-6-8-21(9-7-16)18(22)14-20-10-12-25(23,24)13-11-20/h2-5,16,19H,6-14H2,1H3. The molecule has 6 nitrogen and oxygen atoms in total. The monoisotopic (exact) mass is 365 g/mol. The van der Waals surface area contributed by atoms with Gasteiger partial charge in [-0.2, -0.15) is 0 Å². The Morgan fingerprint density at radius 2 is 1.76 bits per heavy atom. The molecule has 2 saturated heterocycles. The third-order valence-electron chi connectivity index (χ3n) is 5.15. The quantitative estimate of drug-likeness (QED) is 0.866. The fourth-order valence-electron chi connectivity index (χ4n) is 3.43. The van der Waals surface area contributed by atoms with E-state index in [0.717, 1.165) is 25.9 Å². The minimum Gasteiger partial charge on any atom is -0.382 e. The van der Waals surface area contributed by atoms with Crippen LogP contribution in [0.5, 0.6) is 0 Å². The number of likely N-dealkylation sites (tertiary alicyclic amines) is 1. The Hall–Kier alpha value is -1.60. The van der Waals surface area contributed by atoms with Crippen LogP contribution in [-0.4, -0.2) is 74.4 Å². The molecular formula is C18H27N3O3S. The maximum atomic E-state index is 12.5. The van der Waals surface area contributed by atoms with Gasteiger partial charge in [-0.3, -0.25) is 9.69 Å². The molecule has 1 N–H and O–H groups in total. The third kappa shape index (κ3) is 4.95. The van der Waals surface area contributed by atoms with Gasteiger partial charge in [0.05, 0.1) is 18.1 Å². The van der Waals surface area contributed by atoms with Crippen molar-refractivity contribution in [3.63, 3.8) is 0 Å². The molecule has 138 valence electrons. The van der Waals surface area contributed by atoms with Crippen molar-refractivity contribution in [2.45, 2.75) is 25.8 Å². The van der Waals surface area contributed by atoms with Gasteiger partial charge in [0.15, 0.2) is 9.84 Å². The number of para-hydroxylation sites is 1. The van der Waals surface area contributed by atoms with Crippen molar-refractivity contribution in [1.29, 1.82) is 0 Å². The maximum Gasteiger partial charge on any atom is 0.236 e. The Balaban J connectivity index is 1.44. The van der Waals surface area contributed by atoms with Crippen molar-refractivity contribution < 1.29 is 13.2 Å². The van der Waals surface area contributed by atoms with Crippen molar-refractivity contribution >= 4 is 21.4 Å². The topological polar surface area (TPSA) is 69.7 Å². The van der Waals surface area contributed by atoms with E-state index >= 15 is 0 Å². The molecule has 0 radical (unpaired) electrons. The summed E-state index contributed by atoms with van der Waals surface area (Å²) in [4.78, 5) is 16.3. The number of sulfone groups is 1. The van der Waals surface area contributed by atoms with E-state index in [0.29, 0.717) is 25.7 Å². The van der Waals surface area contributed by atoms with E-state index in [2.05, 4.69) is 24.4 Å². The molecule has 2 heterocycles. The largest absolute Gasteiger partial charge is 0.382 e. The molecule has 7 heteroatoms. The van der Waals surface area contributed by atoms with Gasteiger partial charge in [-0.05, 0) is 31.4 Å². The zero-order valence-electron chi connectivity index (χ0n) is 14.8. The number of amides is 1. The zero-order chi connectivity index (χ0) is 17.9. The number of aryl methyl sites for hydroxylation is 1. The number of piperidine rings is 1. The van der Waals surface area contributed by atoms with Crippen LogP contribution >= 0.6 is 0 Å². The molecule has 0 spiro atoms. The molecule has 0 saturated carbocycles. The summed E-state index contributed by atoms with van der Waals surface area (Å²) >= 11 is 0. The van der Waals surface area contributed by atoms with Crippen LogP contribution in [0.1, 0.15) is 18.4 Å². The Labute approximate surface area is 150 Å². The molecule has 1 aromatic rings. The first-order valence-electron chi connectivity index (χ1n) is 8.96. The molecule has 1 amide bonds. The lowest BCUT2D eigenvalue weighted by molar-refractivity contribution is -0.133. The second kappa shape index (κ2) is 7.74. The van der Waals surface area contributed by atoms with Gasteiger partial charge in [0, 0.05) is 37.9 Å². The number of rotatable bonds is 4. The van der Waals surface area contributed by atoms with Crippen LogP contribution in [0.15, 0.2) is 24.3 Å². The summed E-state index contributed by atoms with van der Waals surface area (Å²) in [5, 5.41) is 3.58. The second-order valence-corrected chi connectivity index (χ2v) is 9.35. The average molecular weight is 365 g/mol. The molecule has 0 aliphatic carbocycles. The van der Waals surface area contributed by atoms with Crippen molar-refractivity contribution in [2.24, 2.45) is 0 Å². The minimum absolute atomic E-state index is 0.119. The van der Waals surface area contributed by atoms with Gasteiger partial charge < -0.3 is 10.2 Å². The van der Waals surface area contributed by atoms with Gasteiger partial charge in [-0.25, -0.2) is 8.42 Å². The van der Waals surface area contributed by atoms with Crippen LogP contribution in [0.4, 0.5) is 5.69 Å². The number of nitrogens with zero attached hydrogens (tertiary/aromatic N) is 2. The fraction of sp³-hybridized carbons (Fsp3) is 0.611. The molecule has 2 aliphatic heterocycles. The van der Waals surface area contributed by atoms with E-state index in [9.17, 15) is 13.2 Å². The van der Waals surface area contributed by atoms with Crippen LogP contribution in [0.25, 0.3) is 0 Å². The van der Waals surface area contributed by atoms with Gasteiger partial charge in [0.25, 0.3) is 0 Å². The number of benzene rings is 1. The highest BCUT2D eigenvalue weighted by atomic mass is 32.2. The van der Waals surface area contributed by atoms with E-state index in [1.807, 2.05) is 21.9 Å². The van der Waals surface area contributed by atoms with Crippen molar-refractivity contribution in [1.82, 2.24) is 9.80 Å². The average Bonchev–Trinajstić information content (AvgIpc) is 2.59. The Bertz CT molecular complexity index is 698. The smallest absolute Gasteiger partial charge is 0.236 e. The predicted octanol–water partition coefficient (Wildman–Crippen LogP) is 1.13. The number of carbonyl (C=O) groups is 1. The van der Waals surface area contributed by atoms with Gasteiger partial charge >= 0.3 is 0 Å². The predicted molar refractivity (Wildman–Crippen MR) is 99.5 cm³/mol. The van der Waals surface area contributed by atoms with E-state index in [1.54, 1.807) is 0 Å². The van der Waals surface area contributed by atoms with Gasteiger partial charge in [0.1, 0.15) is 0 Å². The summed E-state index contributed by atoms with van der Waals surface area (Å²) in [7, 11) is -2.89. The first-order chi connectivity index (χ1) is 11.9. The van der Waals surface area contributed by atoms with Crippen LogP contribution in [0.3, 0.4) is 0 Å². The Morgan fingerprint density at radius 1 is 1.12 bits per heavy atom. The van der Waals surface area contributed by atoms with Crippen molar-refractivity contribution in [2.75, 3.05) is 49.5 Å². The highest BCUT2D eigenvalue weighted by Crippen LogP contribution is 2.20. The lowest BCUT2D eigenvalue weighted by Crippen LogP contribution is -2.49. The normalized spacial score (nSPS) is 21.9. The second-order valence-electron chi connectivity index (χ2n) is 7.04. The third-order valence-corrected chi connectivity index (χ3v) is 6.76. The van der Waals surface area contributed by atoms with Crippen molar-refractivity contribution in [3.05, 3.63) is 29.8 Å².